The Morgan fingerprint density at radius 3 is 2.73 bits per heavy atom. The van der Waals surface area contributed by atoms with E-state index in [-0.39, 0.29) is 5.00 Å². The number of carboxylic acids is 1. The van der Waals surface area contributed by atoms with E-state index < -0.39 is 16.5 Å². The number of nitrogens with zero attached hydrogens (tertiary/aromatic N) is 2. The van der Waals surface area contributed by atoms with Crippen LogP contribution < -0.4 is 0 Å². The summed E-state index contributed by atoms with van der Waals surface area (Å²) in [4.78, 5) is 20.6. The summed E-state index contributed by atoms with van der Waals surface area (Å²) in [5.41, 5.74) is -0.452. The van der Waals surface area contributed by atoms with E-state index in [0.29, 0.717) is 4.88 Å². The third kappa shape index (κ3) is 2.62. The Hall–Kier alpha value is -2.20. The summed E-state index contributed by atoms with van der Waals surface area (Å²) in [5.74, 6) is -1.35. The fraction of sp³-hybridized carbons (Fsp3) is 0. The van der Waals surface area contributed by atoms with Crippen molar-refractivity contribution < 1.29 is 14.8 Å². The molecule has 7 heteroatoms. The second kappa shape index (κ2) is 4.34. The molecule has 6 nitrogen and oxygen atoms in total. The standard InChI is InChI=1S/C8H4N2O4S/c9-4-5(8(11)12)3-6-1-2-7(15-6)10(13)14/h1-3H,(H,11,12)/b5-3+. The molecule has 0 unspecified atom stereocenters. The quantitative estimate of drug-likeness (QED) is 0.363. The number of hydrogen-bond acceptors (Lipinski definition) is 5. The summed E-state index contributed by atoms with van der Waals surface area (Å²) in [6.45, 7) is 0. The maximum atomic E-state index is 10.5. The Kier molecular flexibility index (Phi) is 3.15. The maximum Gasteiger partial charge on any atom is 0.346 e. The van der Waals surface area contributed by atoms with Crippen LogP contribution in [0.25, 0.3) is 6.08 Å². The van der Waals surface area contributed by atoms with E-state index in [9.17, 15) is 14.9 Å². The largest absolute Gasteiger partial charge is 0.477 e. The van der Waals surface area contributed by atoms with Gasteiger partial charge in [0.05, 0.1) is 4.92 Å². The molecule has 0 aliphatic carbocycles. The number of carbonyl (C=O) groups is 1. The van der Waals surface area contributed by atoms with E-state index in [1.165, 1.54) is 18.2 Å². The number of aliphatic carboxylic acids is 1. The van der Waals surface area contributed by atoms with Crippen LogP contribution in [0.2, 0.25) is 0 Å². The molecule has 1 aromatic rings. The molecular weight excluding hydrogens is 220 g/mol. The van der Waals surface area contributed by atoms with Gasteiger partial charge in [0.25, 0.3) is 0 Å². The van der Waals surface area contributed by atoms with E-state index in [1.807, 2.05) is 0 Å². The molecule has 0 fully saturated rings. The SMILES string of the molecule is N#C/C(=C\c1ccc([N+](=O)[O-])s1)C(=O)O. The van der Waals surface area contributed by atoms with Gasteiger partial charge in [-0.1, -0.05) is 11.3 Å². The molecule has 1 rings (SSSR count). The first-order chi connectivity index (χ1) is 7.04. The van der Waals surface area contributed by atoms with Crippen LogP contribution in [0.5, 0.6) is 0 Å². The predicted octanol–water partition coefficient (Wildman–Crippen LogP) is 1.65. The zero-order valence-electron chi connectivity index (χ0n) is 7.21. The van der Waals surface area contributed by atoms with Gasteiger partial charge in [-0.05, 0) is 12.1 Å². The molecule has 76 valence electrons. The van der Waals surface area contributed by atoms with Gasteiger partial charge in [0.1, 0.15) is 11.6 Å². The van der Waals surface area contributed by atoms with Gasteiger partial charge in [0, 0.05) is 10.9 Å². The fourth-order valence-electron chi connectivity index (χ4n) is 0.802. The van der Waals surface area contributed by atoms with Crippen LogP contribution in [0.1, 0.15) is 4.88 Å². The average molecular weight is 224 g/mol. The molecule has 0 atom stereocenters. The van der Waals surface area contributed by atoms with E-state index in [4.69, 9.17) is 10.4 Å². The number of rotatable bonds is 3. The highest BCUT2D eigenvalue weighted by molar-refractivity contribution is 7.16. The van der Waals surface area contributed by atoms with Crippen molar-refractivity contribution in [3.63, 3.8) is 0 Å². The molecule has 0 aromatic carbocycles. The molecule has 0 aliphatic heterocycles. The zero-order chi connectivity index (χ0) is 11.4. The summed E-state index contributed by atoms with van der Waals surface area (Å²) >= 11 is 0.812. The van der Waals surface area contributed by atoms with Crippen LogP contribution >= 0.6 is 11.3 Å². The lowest BCUT2D eigenvalue weighted by atomic mass is 10.2. The molecule has 0 saturated heterocycles. The Morgan fingerprint density at radius 1 is 1.67 bits per heavy atom. The van der Waals surface area contributed by atoms with Gasteiger partial charge in [-0.3, -0.25) is 10.1 Å². The third-order valence-corrected chi connectivity index (χ3v) is 2.41. The van der Waals surface area contributed by atoms with Crippen LogP contribution in [0.15, 0.2) is 17.7 Å². The summed E-state index contributed by atoms with van der Waals surface area (Å²) in [6, 6.07) is 4.14. The predicted molar refractivity (Wildman–Crippen MR) is 52.2 cm³/mol. The highest BCUT2D eigenvalue weighted by Crippen LogP contribution is 2.25. The van der Waals surface area contributed by atoms with Crippen LogP contribution in [0.3, 0.4) is 0 Å². The molecule has 0 amide bonds. The number of carboxylic acid groups (broad SMARTS) is 1. The minimum Gasteiger partial charge on any atom is -0.477 e. The van der Waals surface area contributed by atoms with E-state index in [0.717, 1.165) is 17.4 Å². The van der Waals surface area contributed by atoms with Crippen LogP contribution in [-0.4, -0.2) is 16.0 Å². The summed E-state index contributed by atoms with van der Waals surface area (Å²) < 4.78 is 0. The monoisotopic (exact) mass is 224 g/mol. The lowest BCUT2D eigenvalue weighted by Gasteiger charge is -1.86. The molecule has 0 spiro atoms. The number of nitro groups is 1. The van der Waals surface area contributed by atoms with Crippen molar-refractivity contribution in [1.29, 1.82) is 5.26 Å². The van der Waals surface area contributed by atoms with Crippen molar-refractivity contribution in [3.05, 3.63) is 32.7 Å². The lowest BCUT2D eigenvalue weighted by Crippen LogP contribution is -1.96. The van der Waals surface area contributed by atoms with Crippen molar-refractivity contribution in [3.8, 4) is 6.07 Å². The number of thiophene rings is 1. The molecule has 1 heterocycles. The first kappa shape index (κ1) is 10.9. The Balaban J connectivity index is 3.04. The highest BCUT2D eigenvalue weighted by atomic mass is 32.1. The fourth-order valence-corrected chi connectivity index (χ4v) is 1.57. The second-order valence-electron chi connectivity index (χ2n) is 2.41. The Bertz CT molecular complexity index is 483. The van der Waals surface area contributed by atoms with Crippen LogP contribution in [-0.2, 0) is 4.79 Å². The smallest absolute Gasteiger partial charge is 0.346 e. The topological polar surface area (TPSA) is 104 Å². The van der Waals surface area contributed by atoms with Gasteiger partial charge in [-0.15, -0.1) is 0 Å². The molecular formula is C8H4N2O4S. The molecule has 15 heavy (non-hydrogen) atoms. The van der Waals surface area contributed by atoms with E-state index >= 15 is 0 Å². The van der Waals surface area contributed by atoms with Crippen molar-refractivity contribution in [1.82, 2.24) is 0 Å². The zero-order valence-corrected chi connectivity index (χ0v) is 8.02. The van der Waals surface area contributed by atoms with E-state index in [1.54, 1.807) is 0 Å². The first-order valence-corrected chi connectivity index (χ1v) is 4.45. The average Bonchev–Trinajstić information content (AvgIpc) is 2.61. The van der Waals surface area contributed by atoms with Crippen LogP contribution in [0, 0.1) is 21.4 Å². The van der Waals surface area contributed by atoms with Crippen LogP contribution in [0.4, 0.5) is 5.00 Å². The molecule has 0 bridgehead atoms. The van der Waals surface area contributed by atoms with Crippen molar-refractivity contribution in [2.75, 3.05) is 0 Å². The summed E-state index contributed by atoms with van der Waals surface area (Å²) in [7, 11) is 0. The lowest BCUT2D eigenvalue weighted by molar-refractivity contribution is -0.380. The number of nitriles is 1. The van der Waals surface area contributed by atoms with Crippen molar-refractivity contribution in [2.24, 2.45) is 0 Å². The Labute approximate surface area is 87.8 Å². The molecule has 0 aliphatic rings. The third-order valence-electron chi connectivity index (χ3n) is 1.43. The normalized spacial score (nSPS) is 10.7. The molecule has 1 aromatic heterocycles. The van der Waals surface area contributed by atoms with Gasteiger partial charge < -0.3 is 5.11 Å². The molecule has 0 radical (unpaired) electrons. The minimum absolute atomic E-state index is 0.0936. The van der Waals surface area contributed by atoms with Gasteiger partial charge in [0.2, 0.25) is 0 Å². The van der Waals surface area contributed by atoms with Gasteiger partial charge >= 0.3 is 11.0 Å². The van der Waals surface area contributed by atoms with Gasteiger partial charge in [0.15, 0.2) is 0 Å². The highest BCUT2D eigenvalue weighted by Gasteiger charge is 2.11. The first-order valence-electron chi connectivity index (χ1n) is 3.64. The van der Waals surface area contributed by atoms with E-state index in [2.05, 4.69) is 0 Å². The van der Waals surface area contributed by atoms with Crippen molar-refractivity contribution >= 4 is 28.4 Å². The number of hydrogen-bond donors (Lipinski definition) is 1. The molecule has 1 N–H and O–H groups in total. The van der Waals surface area contributed by atoms with Crippen molar-refractivity contribution in [2.45, 2.75) is 0 Å². The summed E-state index contributed by atoms with van der Waals surface area (Å²) in [5, 5.41) is 27.2. The molecule has 0 saturated carbocycles. The minimum atomic E-state index is -1.35. The van der Waals surface area contributed by atoms with Gasteiger partial charge in [-0.25, -0.2) is 4.79 Å². The second-order valence-corrected chi connectivity index (χ2v) is 3.50. The Morgan fingerprint density at radius 2 is 2.33 bits per heavy atom. The summed E-state index contributed by atoms with van der Waals surface area (Å²) in [6.07, 6.45) is 1.10. The van der Waals surface area contributed by atoms with Gasteiger partial charge in [-0.2, -0.15) is 5.26 Å². The maximum absolute atomic E-state index is 10.5.